The lowest BCUT2D eigenvalue weighted by Crippen LogP contribution is -2.54. The van der Waals surface area contributed by atoms with Gasteiger partial charge in [-0.3, -0.25) is 0 Å². The Morgan fingerprint density at radius 2 is 1.62 bits per heavy atom. The van der Waals surface area contributed by atoms with Crippen molar-refractivity contribution < 1.29 is 50.3 Å². The first kappa shape index (κ1) is 26.3. The van der Waals surface area contributed by atoms with E-state index in [1.807, 2.05) is 0 Å². The number of aliphatic hydroxyl groups excluding tert-OH is 2. The van der Waals surface area contributed by atoms with E-state index in [-0.39, 0.29) is 47.8 Å². The molecular formula is C23H29ClO10. The number of hydrogen-bond acceptors (Lipinski definition) is 10. The lowest BCUT2D eigenvalue weighted by molar-refractivity contribution is -0.365. The molecule has 1 aliphatic rings. The molecule has 3 unspecified atom stereocenters. The van der Waals surface area contributed by atoms with Crippen LogP contribution in [0.4, 0.5) is 0 Å². The molecular weight excluding hydrogens is 472 g/mol. The van der Waals surface area contributed by atoms with Crippen LogP contribution in [-0.4, -0.2) is 71.2 Å². The Morgan fingerprint density at radius 1 is 1.00 bits per heavy atom. The second-order valence-corrected chi connectivity index (χ2v) is 9.27. The van der Waals surface area contributed by atoms with Crippen LogP contribution in [0.1, 0.15) is 49.5 Å². The fraction of sp³-hybridized carbons (Fsp3) is 0.478. The van der Waals surface area contributed by atoms with Gasteiger partial charge in [0.15, 0.2) is 17.1 Å². The van der Waals surface area contributed by atoms with Crippen molar-refractivity contribution in [2.24, 2.45) is 0 Å². The molecule has 1 saturated heterocycles. The van der Waals surface area contributed by atoms with Crippen LogP contribution in [0, 0.1) is 0 Å². The average molecular weight is 501 g/mol. The third-order valence-corrected chi connectivity index (χ3v) is 6.17. The van der Waals surface area contributed by atoms with Crippen molar-refractivity contribution in [3.63, 3.8) is 0 Å². The molecule has 188 valence electrons. The van der Waals surface area contributed by atoms with Gasteiger partial charge in [-0.2, -0.15) is 0 Å². The summed E-state index contributed by atoms with van der Waals surface area (Å²) < 4.78 is 10.7. The quantitative estimate of drug-likeness (QED) is 0.157. The molecule has 1 fully saturated rings. The molecule has 8 N–H and O–H groups in total. The van der Waals surface area contributed by atoms with Crippen LogP contribution in [-0.2, 0) is 11.2 Å². The number of ether oxygens (including phenoxy) is 2. The zero-order valence-electron chi connectivity index (χ0n) is 18.6. The van der Waals surface area contributed by atoms with Crippen molar-refractivity contribution in [1.82, 2.24) is 0 Å². The summed E-state index contributed by atoms with van der Waals surface area (Å²) in [5.41, 5.74) is -1.46. The normalized spacial score (nSPS) is 21.5. The van der Waals surface area contributed by atoms with Crippen LogP contribution in [0.15, 0.2) is 24.3 Å². The van der Waals surface area contributed by atoms with Crippen molar-refractivity contribution in [2.75, 3.05) is 6.61 Å². The first-order chi connectivity index (χ1) is 15.7. The molecule has 11 heteroatoms. The van der Waals surface area contributed by atoms with Crippen molar-refractivity contribution in [1.29, 1.82) is 0 Å². The Labute approximate surface area is 200 Å². The van der Waals surface area contributed by atoms with Gasteiger partial charge >= 0.3 is 5.97 Å². The highest BCUT2D eigenvalue weighted by atomic mass is 35.5. The standard InChI is InChI=1S/C23H29ClO10/c1-22(2,30)23(31,32)34-13-5-3-11(4-6-13)7-15-18(24)21(29)20(28)17(19(15)27)16-9-12(26)8-14(10-25)33-16/h3-6,12,14,16,25-32H,7-10H2,1-2H3. The molecule has 0 aliphatic carbocycles. The zero-order valence-corrected chi connectivity index (χ0v) is 19.4. The molecule has 1 aliphatic heterocycles. The van der Waals surface area contributed by atoms with Crippen LogP contribution in [0.25, 0.3) is 0 Å². The summed E-state index contributed by atoms with van der Waals surface area (Å²) in [7, 11) is 0. The highest BCUT2D eigenvalue weighted by Crippen LogP contribution is 2.51. The van der Waals surface area contributed by atoms with E-state index in [1.165, 1.54) is 38.1 Å². The fourth-order valence-corrected chi connectivity index (χ4v) is 3.93. The Balaban J connectivity index is 1.91. The summed E-state index contributed by atoms with van der Waals surface area (Å²) >= 11 is 6.20. The van der Waals surface area contributed by atoms with E-state index < -0.39 is 47.1 Å². The van der Waals surface area contributed by atoms with Gasteiger partial charge in [-0.15, -0.1) is 0 Å². The van der Waals surface area contributed by atoms with Gasteiger partial charge in [0.2, 0.25) is 0 Å². The van der Waals surface area contributed by atoms with Gasteiger partial charge in [0, 0.05) is 24.8 Å². The van der Waals surface area contributed by atoms with E-state index >= 15 is 0 Å². The topological polar surface area (TPSA) is 180 Å². The molecule has 0 bridgehead atoms. The molecule has 0 saturated carbocycles. The second-order valence-electron chi connectivity index (χ2n) is 8.90. The van der Waals surface area contributed by atoms with E-state index in [2.05, 4.69) is 0 Å². The molecule has 3 rings (SSSR count). The Morgan fingerprint density at radius 3 is 2.18 bits per heavy atom. The molecule has 34 heavy (non-hydrogen) atoms. The van der Waals surface area contributed by atoms with Crippen LogP contribution in [0.5, 0.6) is 23.0 Å². The highest BCUT2D eigenvalue weighted by Gasteiger charge is 2.43. The second kappa shape index (κ2) is 9.74. The zero-order chi connectivity index (χ0) is 25.4. The maximum atomic E-state index is 10.9. The van der Waals surface area contributed by atoms with Crippen molar-refractivity contribution in [3.8, 4) is 23.0 Å². The van der Waals surface area contributed by atoms with E-state index in [9.17, 15) is 40.9 Å². The highest BCUT2D eigenvalue weighted by molar-refractivity contribution is 6.33. The van der Waals surface area contributed by atoms with Crippen LogP contribution in [0.2, 0.25) is 5.02 Å². The Hall–Kier alpha value is -2.31. The van der Waals surface area contributed by atoms with Crippen molar-refractivity contribution in [3.05, 3.63) is 46.0 Å². The minimum absolute atomic E-state index is 0.000620. The van der Waals surface area contributed by atoms with Crippen molar-refractivity contribution in [2.45, 2.75) is 63.0 Å². The molecule has 0 radical (unpaired) electrons. The first-order valence-electron chi connectivity index (χ1n) is 10.6. The lowest BCUT2D eigenvalue weighted by atomic mass is 9.91. The maximum absolute atomic E-state index is 10.9. The number of halogens is 1. The minimum atomic E-state index is -2.84. The number of rotatable bonds is 7. The summed E-state index contributed by atoms with van der Waals surface area (Å²) in [5.74, 6) is -4.57. The number of benzene rings is 2. The molecule has 10 nitrogen and oxygen atoms in total. The number of aliphatic hydroxyl groups is 5. The van der Waals surface area contributed by atoms with Crippen LogP contribution in [0.3, 0.4) is 0 Å². The van der Waals surface area contributed by atoms with E-state index in [1.54, 1.807) is 0 Å². The Kier molecular flexibility index (Phi) is 7.54. The number of phenolic OH excluding ortho intramolecular Hbond substituents is 3. The van der Waals surface area contributed by atoms with Crippen LogP contribution < -0.4 is 4.74 Å². The molecule has 0 aromatic heterocycles. The van der Waals surface area contributed by atoms with E-state index in [0.29, 0.717) is 5.56 Å². The van der Waals surface area contributed by atoms with Gasteiger partial charge in [-0.05, 0) is 31.5 Å². The smallest absolute Gasteiger partial charge is 0.352 e. The molecule has 2 aromatic carbocycles. The van der Waals surface area contributed by atoms with E-state index in [0.717, 1.165) is 0 Å². The third kappa shape index (κ3) is 5.33. The summed E-state index contributed by atoms with van der Waals surface area (Å²) in [4.78, 5) is 0. The predicted molar refractivity (Wildman–Crippen MR) is 120 cm³/mol. The molecule has 0 spiro atoms. The third-order valence-electron chi connectivity index (χ3n) is 5.76. The van der Waals surface area contributed by atoms with Gasteiger partial charge in [0.25, 0.3) is 0 Å². The monoisotopic (exact) mass is 500 g/mol. The number of aromatic hydroxyl groups is 3. The molecule has 2 aromatic rings. The van der Waals surface area contributed by atoms with Gasteiger partial charge in [0.1, 0.15) is 11.5 Å². The fourth-order valence-electron chi connectivity index (χ4n) is 3.68. The summed E-state index contributed by atoms with van der Waals surface area (Å²) in [6.07, 6.45) is -2.35. The average Bonchev–Trinajstić information content (AvgIpc) is 2.75. The largest absolute Gasteiger partial charge is 0.507 e. The summed E-state index contributed by atoms with van der Waals surface area (Å²) in [6.45, 7) is 1.96. The van der Waals surface area contributed by atoms with Gasteiger partial charge in [-0.1, -0.05) is 23.7 Å². The van der Waals surface area contributed by atoms with E-state index in [4.69, 9.17) is 21.1 Å². The van der Waals surface area contributed by atoms with Crippen LogP contribution >= 0.6 is 11.6 Å². The number of hydrogen-bond donors (Lipinski definition) is 8. The predicted octanol–water partition coefficient (Wildman–Crippen LogP) is 1.41. The van der Waals surface area contributed by atoms with Gasteiger partial charge in [-0.25, -0.2) is 0 Å². The lowest BCUT2D eigenvalue weighted by Gasteiger charge is -2.33. The molecule has 1 heterocycles. The molecule has 0 amide bonds. The summed E-state index contributed by atoms with van der Waals surface area (Å²) in [6, 6.07) is 5.89. The van der Waals surface area contributed by atoms with Gasteiger partial charge < -0.3 is 50.3 Å². The first-order valence-corrected chi connectivity index (χ1v) is 11.0. The SMILES string of the molecule is CC(C)(O)C(O)(O)Oc1ccc(Cc2c(O)c(C3CC(O)CC(CO)O3)c(O)c(O)c2Cl)cc1. The maximum Gasteiger partial charge on any atom is 0.352 e. The van der Waals surface area contributed by atoms with Crippen molar-refractivity contribution >= 4 is 11.6 Å². The molecule has 3 atom stereocenters. The number of phenols is 3. The Bertz CT molecular complexity index is 1020. The van der Waals surface area contributed by atoms with Gasteiger partial charge in [0.05, 0.1) is 35.5 Å². The summed E-state index contributed by atoms with van der Waals surface area (Å²) in [5, 5.41) is 80.6. The minimum Gasteiger partial charge on any atom is -0.507 e.